The number of hydrogen-bond donors (Lipinski definition) is 3. The predicted molar refractivity (Wildman–Crippen MR) is 110 cm³/mol. The first-order valence-corrected chi connectivity index (χ1v) is 9.72. The Morgan fingerprint density at radius 2 is 1.66 bits per heavy atom. The van der Waals surface area contributed by atoms with Crippen LogP contribution in [0.15, 0.2) is 30.4 Å². The second kappa shape index (κ2) is 12.2. The topological polar surface area (TPSA) is 121 Å². The zero-order chi connectivity index (χ0) is 22.0. The van der Waals surface area contributed by atoms with E-state index < -0.39 is 23.8 Å². The van der Waals surface area contributed by atoms with E-state index in [9.17, 15) is 19.2 Å². The van der Waals surface area contributed by atoms with Crippen molar-refractivity contribution in [2.45, 2.75) is 39.0 Å². The van der Waals surface area contributed by atoms with Crippen LogP contribution in [0.1, 0.15) is 39.0 Å². The standard InChI is InChI=1S/C14H13Cl2NO3.C6H10O3/c15-8-5-6-11(16)12(7-8)17-13(18)9-3-1-2-4-10(9)14(19)20;1-5(7)3-2-4-6(8)9/h1-2,5-7,9-10H,3-4H2,(H,17,18)(H,19,20);2-4H2,1H3,(H,8,9). The number of rotatable bonds is 7. The Morgan fingerprint density at radius 3 is 2.21 bits per heavy atom. The van der Waals surface area contributed by atoms with E-state index in [1.54, 1.807) is 18.2 Å². The molecule has 1 aromatic rings. The first-order chi connectivity index (χ1) is 13.6. The first kappa shape index (κ1) is 24.7. The number of anilines is 1. The van der Waals surface area contributed by atoms with Gasteiger partial charge in [-0.25, -0.2) is 0 Å². The predicted octanol–water partition coefficient (Wildman–Crippen LogP) is 4.43. The summed E-state index contributed by atoms with van der Waals surface area (Å²) in [6.45, 7) is 1.46. The van der Waals surface area contributed by atoms with Crippen LogP contribution in [0.2, 0.25) is 10.0 Å². The Bertz CT molecular complexity index is 779. The van der Waals surface area contributed by atoms with Gasteiger partial charge in [-0.1, -0.05) is 35.4 Å². The summed E-state index contributed by atoms with van der Waals surface area (Å²) in [4.78, 5) is 43.5. The largest absolute Gasteiger partial charge is 0.481 e. The summed E-state index contributed by atoms with van der Waals surface area (Å²) in [6.07, 6.45) is 5.31. The summed E-state index contributed by atoms with van der Waals surface area (Å²) < 4.78 is 0. The van der Waals surface area contributed by atoms with Crippen molar-refractivity contribution in [3.63, 3.8) is 0 Å². The van der Waals surface area contributed by atoms with E-state index in [1.807, 2.05) is 6.08 Å². The SMILES string of the molecule is CC(=O)CCCC(=O)O.O=C(O)C1CC=CCC1C(=O)Nc1cc(Cl)ccc1Cl. The van der Waals surface area contributed by atoms with Gasteiger partial charge >= 0.3 is 11.9 Å². The Hall–Kier alpha value is -2.38. The van der Waals surface area contributed by atoms with Crippen molar-refractivity contribution in [3.05, 3.63) is 40.4 Å². The number of carbonyl (C=O) groups is 4. The average Bonchev–Trinajstić information content (AvgIpc) is 2.64. The van der Waals surface area contributed by atoms with Crippen molar-refractivity contribution in [1.82, 2.24) is 0 Å². The number of benzene rings is 1. The van der Waals surface area contributed by atoms with Gasteiger partial charge in [0.1, 0.15) is 5.78 Å². The van der Waals surface area contributed by atoms with Crippen LogP contribution in [0.3, 0.4) is 0 Å². The van der Waals surface area contributed by atoms with Crippen molar-refractivity contribution < 1.29 is 29.4 Å². The van der Waals surface area contributed by atoms with Gasteiger partial charge in [0, 0.05) is 17.9 Å². The third-order valence-corrected chi connectivity index (χ3v) is 4.76. The zero-order valence-corrected chi connectivity index (χ0v) is 17.4. The smallest absolute Gasteiger partial charge is 0.307 e. The third kappa shape index (κ3) is 9.11. The van der Waals surface area contributed by atoms with Crippen molar-refractivity contribution in [1.29, 1.82) is 0 Å². The maximum absolute atomic E-state index is 12.2. The summed E-state index contributed by atoms with van der Waals surface area (Å²) >= 11 is 11.8. The van der Waals surface area contributed by atoms with Crippen LogP contribution in [0.25, 0.3) is 0 Å². The zero-order valence-electron chi connectivity index (χ0n) is 15.9. The van der Waals surface area contributed by atoms with Crippen molar-refractivity contribution in [2.24, 2.45) is 11.8 Å². The number of Topliss-reactive ketones (excluding diaryl/α,β-unsaturated/α-hetero) is 1. The normalized spacial score (nSPS) is 17.6. The van der Waals surface area contributed by atoms with Gasteiger partial charge in [0.25, 0.3) is 0 Å². The first-order valence-electron chi connectivity index (χ1n) is 8.96. The molecular formula is C20H23Cl2NO6. The van der Waals surface area contributed by atoms with E-state index in [4.69, 9.17) is 33.4 Å². The van der Waals surface area contributed by atoms with Crippen LogP contribution in [0.4, 0.5) is 5.69 Å². The summed E-state index contributed by atoms with van der Waals surface area (Å²) in [7, 11) is 0. The molecule has 2 unspecified atom stereocenters. The summed E-state index contributed by atoms with van der Waals surface area (Å²) in [5.41, 5.74) is 0.392. The highest BCUT2D eigenvalue weighted by molar-refractivity contribution is 6.35. The maximum Gasteiger partial charge on any atom is 0.307 e. The highest BCUT2D eigenvalue weighted by atomic mass is 35.5. The number of nitrogens with one attached hydrogen (secondary N) is 1. The molecule has 1 aromatic carbocycles. The monoisotopic (exact) mass is 443 g/mol. The van der Waals surface area contributed by atoms with Crippen molar-refractivity contribution in [2.75, 3.05) is 5.32 Å². The molecule has 0 saturated carbocycles. The molecule has 1 amide bonds. The van der Waals surface area contributed by atoms with E-state index >= 15 is 0 Å². The van der Waals surface area contributed by atoms with Gasteiger partial charge in [-0.05, 0) is 44.4 Å². The molecule has 7 nitrogen and oxygen atoms in total. The van der Waals surface area contributed by atoms with Crippen LogP contribution in [0.5, 0.6) is 0 Å². The molecule has 0 bridgehead atoms. The molecular weight excluding hydrogens is 421 g/mol. The molecule has 1 aliphatic rings. The molecule has 9 heteroatoms. The highest BCUT2D eigenvalue weighted by Crippen LogP contribution is 2.30. The Kier molecular flexibility index (Phi) is 10.4. The van der Waals surface area contributed by atoms with E-state index in [1.165, 1.54) is 13.0 Å². The lowest BCUT2D eigenvalue weighted by Gasteiger charge is -2.24. The fraction of sp³-hybridized carbons (Fsp3) is 0.400. The highest BCUT2D eigenvalue weighted by Gasteiger charge is 2.34. The number of halogens is 2. The van der Waals surface area contributed by atoms with Gasteiger partial charge in [-0.2, -0.15) is 0 Å². The molecule has 0 spiro atoms. The van der Waals surface area contributed by atoms with Gasteiger partial charge in [-0.3, -0.25) is 14.4 Å². The Balaban J connectivity index is 0.000000396. The van der Waals surface area contributed by atoms with E-state index in [0.29, 0.717) is 41.4 Å². The third-order valence-electron chi connectivity index (χ3n) is 4.19. The van der Waals surface area contributed by atoms with Gasteiger partial charge in [0.05, 0.1) is 22.5 Å². The second-order valence-electron chi connectivity index (χ2n) is 6.56. The number of amides is 1. The Morgan fingerprint density at radius 1 is 1.03 bits per heavy atom. The lowest BCUT2D eigenvalue weighted by Crippen LogP contribution is -2.34. The fourth-order valence-corrected chi connectivity index (χ4v) is 3.02. The Labute approximate surface area is 178 Å². The van der Waals surface area contributed by atoms with Gasteiger partial charge < -0.3 is 20.3 Å². The van der Waals surface area contributed by atoms with E-state index in [0.717, 1.165) is 0 Å². The number of ketones is 1. The van der Waals surface area contributed by atoms with Crippen LogP contribution >= 0.6 is 23.2 Å². The van der Waals surface area contributed by atoms with Crippen LogP contribution in [-0.2, 0) is 19.2 Å². The quantitative estimate of drug-likeness (QED) is 0.535. The number of carboxylic acid groups (broad SMARTS) is 2. The molecule has 2 atom stereocenters. The number of carboxylic acids is 2. The van der Waals surface area contributed by atoms with Crippen molar-refractivity contribution >= 4 is 52.5 Å². The molecule has 2 rings (SSSR count). The van der Waals surface area contributed by atoms with Crippen LogP contribution in [-0.4, -0.2) is 33.8 Å². The molecule has 29 heavy (non-hydrogen) atoms. The minimum atomic E-state index is -0.966. The number of hydrogen-bond acceptors (Lipinski definition) is 4. The van der Waals surface area contributed by atoms with Gasteiger partial charge in [0.15, 0.2) is 0 Å². The molecule has 0 aromatic heterocycles. The lowest BCUT2D eigenvalue weighted by molar-refractivity contribution is -0.146. The second-order valence-corrected chi connectivity index (χ2v) is 7.40. The molecule has 0 heterocycles. The molecule has 0 aliphatic heterocycles. The average molecular weight is 444 g/mol. The van der Waals surface area contributed by atoms with Crippen LogP contribution < -0.4 is 5.32 Å². The minimum Gasteiger partial charge on any atom is -0.481 e. The summed E-state index contributed by atoms with van der Waals surface area (Å²) in [5.74, 6) is -3.42. The fourth-order valence-electron chi connectivity index (χ4n) is 2.68. The van der Waals surface area contributed by atoms with Crippen molar-refractivity contribution in [3.8, 4) is 0 Å². The van der Waals surface area contributed by atoms with Gasteiger partial charge in [-0.15, -0.1) is 0 Å². The molecule has 0 radical (unpaired) electrons. The van der Waals surface area contributed by atoms with Gasteiger partial charge in [0.2, 0.25) is 5.91 Å². The minimum absolute atomic E-state index is 0.0521. The summed E-state index contributed by atoms with van der Waals surface area (Å²) in [6, 6.07) is 4.73. The molecule has 0 fully saturated rings. The molecule has 0 saturated heterocycles. The van der Waals surface area contributed by atoms with E-state index in [-0.39, 0.29) is 18.1 Å². The molecule has 3 N–H and O–H groups in total. The number of carbonyl (C=O) groups excluding carboxylic acids is 2. The summed E-state index contributed by atoms with van der Waals surface area (Å²) in [5, 5.41) is 20.7. The number of allylic oxidation sites excluding steroid dienone is 2. The van der Waals surface area contributed by atoms with Crippen LogP contribution in [0, 0.1) is 11.8 Å². The number of aliphatic carboxylic acids is 2. The molecule has 1 aliphatic carbocycles. The lowest BCUT2D eigenvalue weighted by atomic mass is 9.82. The maximum atomic E-state index is 12.2. The van der Waals surface area contributed by atoms with E-state index in [2.05, 4.69) is 5.32 Å². The molecule has 158 valence electrons.